The standard InChI is InChI=1S/C20H24N4O2/c1-2-4-15(5-3-1)8-10-21-20-22-11-9-19(24-20)23-16-6-7-17-18(14-16)26-13-12-25-17/h4,6-7,9,11,14H,1-3,5,8,10,12-13H2,(H2,21,22,23,24). The van der Waals surface area contributed by atoms with Crippen LogP contribution in [-0.2, 0) is 0 Å². The van der Waals surface area contributed by atoms with Crippen LogP contribution in [0.15, 0.2) is 42.1 Å². The summed E-state index contributed by atoms with van der Waals surface area (Å²) in [5.41, 5.74) is 2.46. The molecule has 0 bridgehead atoms. The van der Waals surface area contributed by atoms with Crippen LogP contribution in [0.2, 0.25) is 0 Å². The van der Waals surface area contributed by atoms with E-state index >= 15 is 0 Å². The average Bonchev–Trinajstić information content (AvgIpc) is 2.69. The molecule has 2 N–H and O–H groups in total. The molecule has 4 rings (SSSR count). The Morgan fingerprint density at radius 3 is 2.85 bits per heavy atom. The molecule has 0 fully saturated rings. The number of nitrogens with zero attached hydrogens (tertiary/aromatic N) is 2. The second kappa shape index (κ2) is 8.08. The maximum absolute atomic E-state index is 5.62. The Labute approximate surface area is 153 Å². The van der Waals surface area contributed by atoms with Crippen molar-refractivity contribution >= 4 is 17.5 Å². The van der Waals surface area contributed by atoms with E-state index < -0.39 is 0 Å². The fourth-order valence-corrected chi connectivity index (χ4v) is 3.25. The molecule has 1 aromatic heterocycles. The number of anilines is 3. The number of ether oxygens (including phenoxy) is 2. The Morgan fingerprint density at radius 1 is 1.04 bits per heavy atom. The van der Waals surface area contributed by atoms with E-state index in [0.29, 0.717) is 19.2 Å². The first-order valence-corrected chi connectivity index (χ1v) is 9.28. The van der Waals surface area contributed by atoms with Crippen LogP contribution in [0.4, 0.5) is 17.5 Å². The van der Waals surface area contributed by atoms with Crippen molar-refractivity contribution in [3.05, 3.63) is 42.1 Å². The number of fused-ring (bicyclic) bond motifs is 1. The van der Waals surface area contributed by atoms with Gasteiger partial charge in [0.1, 0.15) is 19.0 Å². The predicted molar refractivity (Wildman–Crippen MR) is 102 cm³/mol. The molecule has 1 aliphatic carbocycles. The minimum absolute atomic E-state index is 0.578. The van der Waals surface area contributed by atoms with E-state index in [-0.39, 0.29) is 0 Å². The Morgan fingerprint density at radius 2 is 1.96 bits per heavy atom. The maximum atomic E-state index is 5.62. The Hall–Kier alpha value is -2.76. The van der Waals surface area contributed by atoms with Crippen molar-refractivity contribution in [3.63, 3.8) is 0 Å². The summed E-state index contributed by atoms with van der Waals surface area (Å²) in [5, 5.41) is 6.62. The lowest BCUT2D eigenvalue weighted by Gasteiger charge is -2.19. The minimum atomic E-state index is 0.578. The summed E-state index contributed by atoms with van der Waals surface area (Å²) in [6.45, 7) is 2.03. The quantitative estimate of drug-likeness (QED) is 0.756. The van der Waals surface area contributed by atoms with Gasteiger partial charge in [0.25, 0.3) is 0 Å². The summed E-state index contributed by atoms with van der Waals surface area (Å²) in [6.07, 6.45) is 10.3. The van der Waals surface area contributed by atoms with E-state index in [2.05, 4.69) is 26.7 Å². The third-order valence-corrected chi connectivity index (χ3v) is 4.58. The molecule has 6 nitrogen and oxygen atoms in total. The van der Waals surface area contributed by atoms with Gasteiger partial charge in [0, 0.05) is 24.5 Å². The number of hydrogen-bond donors (Lipinski definition) is 2. The molecule has 6 heteroatoms. The highest BCUT2D eigenvalue weighted by molar-refractivity contribution is 5.62. The predicted octanol–water partition coefficient (Wildman–Crippen LogP) is 4.29. The molecular weight excluding hydrogens is 328 g/mol. The van der Waals surface area contributed by atoms with E-state index in [1.807, 2.05) is 24.3 Å². The molecule has 2 aliphatic rings. The van der Waals surface area contributed by atoms with Gasteiger partial charge >= 0.3 is 0 Å². The number of aromatic nitrogens is 2. The first kappa shape index (κ1) is 16.7. The number of allylic oxidation sites excluding steroid dienone is 1. The molecule has 0 saturated heterocycles. The second-order valence-electron chi connectivity index (χ2n) is 6.53. The third-order valence-electron chi connectivity index (χ3n) is 4.58. The molecule has 136 valence electrons. The monoisotopic (exact) mass is 352 g/mol. The van der Waals surface area contributed by atoms with Crippen molar-refractivity contribution in [2.75, 3.05) is 30.4 Å². The highest BCUT2D eigenvalue weighted by Gasteiger charge is 2.12. The van der Waals surface area contributed by atoms with Crippen molar-refractivity contribution < 1.29 is 9.47 Å². The molecule has 0 amide bonds. The first-order valence-electron chi connectivity index (χ1n) is 9.28. The topological polar surface area (TPSA) is 68.3 Å². The molecule has 0 radical (unpaired) electrons. The van der Waals surface area contributed by atoms with Crippen molar-refractivity contribution in [2.45, 2.75) is 32.1 Å². The lowest BCUT2D eigenvalue weighted by Crippen LogP contribution is -2.15. The SMILES string of the molecule is C1=C(CCNc2nccc(Nc3ccc4c(c3)OCCO4)n2)CCCC1. The summed E-state index contributed by atoms with van der Waals surface area (Å²) in [5.74, 6) is 2.93. The van der Waals surface area contributed by atoms with Crippen LogP contribution < -0.4 is 20.1 Å². The van der Waals surface area contributed by atoms with Gasteiger partial charge in [-0.15, -0.1) is 0 Å². The summed E-state index contributed by atoms with van der Waals surface area (Å²) in [4.78, 5) is 8.85. The van der Waals surface area contributed by atoms with Gasteiger partial charge in [-0.1, -0.05) is 11.6 Å². The summed E-state index contributed by atoms with van der Waals surface area (Å²) in [6, 6.07) is 7.65. The molecule has 0 unspecified atom stereocenters. The minimum Gasteiger partial charge on any atom is -0.486 e. The molecule has 2 aromatic rings. The number of nitrogens with one attached hydrogen (secondary N) is 2. The van der Waals surface area contributed by atoms with E-state index in [1.54, 1.807) is 11.8 Å². The van der Waals surface area contributed by atoms with Crippen molar-refractivity contribution in [2.24, 2.45) is 0 Å². The summed E-state index contributed by atoms with van der Waals surface area (Å²) >= 11 is 0. The van der Waals surface area contributed by atoms with Crippen LogP contribution >= 0.6 is 0 Å². The highest BCUT2D eigenvalue weighted by Crippen LogP contribution is 2.33. The fourth-order valence-electron chi connectivity index (χ4n) is 3.25. The number of benzene rings is 1. The zero-order valence-corrected chi connectivity index (χ0v) is 14.8. The van der Waals surface area contributed by atoms with Crippen LogP contribution in [0.25, 0.3) is 0 Å². The zero-order chi connectivity index (χ0) is 17.6. The van der Waals surface area contributed by atoms with Gasteiger partial charge in [-0.05, 0) is 50.3 Å². The molecule has 1 aromatic carbocycles. The second-order valence-corrected chi connectivity index (χ2v) is 6.53. The van der Waals surface area contributed by atoms with Crippen LogP contribution in [-0.4, -0.2) is 29.7 Å². The maximum Gasteiger partial charge on any atom is 0.224 e. The van der Waals surface area contributed by atoms with Gasteiger partial charge in [-0.2, -0.15) is 4.98 Å². The average molecular weight is 352 g/mol. The Balaban J connectivity index is 1.35. The normalized spacial score (nSPS) is 15.9. The van der Waals surface area contributed by atoms with Gasteiger partial charge in [-0.25, -0.2) is 4.98 Å². The van der Waals surface area contributed by atoms with Gasteiger partial charge in [0.15, 0.2) is 11.5 Å². The van der Waals surface area contributed by atoms with E-state index in [4.69, 9.17) is 9.47 Å². The highest BCUT2D eigenvalue weighted by atomic mass is 16.6. The van der Waals surface area contributed by atoms with E-state index in [9.17, 15) is 0 Å². The molecular formula is C20H24N4O2. The van der Waals surface area contributed by atoms with Crippen molar-refractivity contribution in [3.8, 4) is 11.5 Å². The summed E-state index contributed by atoms with van der Waals surface area (Å²) in [7, 11) is 0. The largest absolute Gasteiger partial charge is 0.486 e. The number of hydrogen-bond acceptors (Lipinski definition) is 6. The first-order chi connectivity index (χ1) is 12.9. The third kappa shape index (κ3) is 4.25. The molecule has 0 spiro atoms. The smallest absolute Gasteiger partial charge is 0.224 e. The lowest BCUT2D eigenvalue weighted by atomic mass is 9.97. The molecule has 2 heterocycles. The lowest BCUT2D eigenvalue weighted by molar-refractivity contribution is 0.171. The van der Waals surface area contributed by atoms with Crippen LogP contribution in [0, 0.1) is 0 Å². The van der Waals surface area contributed by atoms with Crippen LogP contribution in [0.1, 0.15) is 32.1 Å². The van der Waals surface area contributed by atoms with Gasteiger partial charge in [-0.3, -0.25) is 0 Å². The van der Waals surface area contributed by atoms with Crippen LogP contribution in [0.5, 0.6) is 11.5 Å². The van der Waals surface area contributed by atoms with E-state index in [1.165, 1.54) is 25.7 Å². The molecule has 0 atom stereocenters. The fraction of sp³-hybridized carbons (Fsp3) is 0.400. The Bertz CT molecular complexity index is 791. The van der Waals surface area contributed by atoms with E-state index in [0.717, 1.165) is 36.0 Å². The molecule has 0 saturated carbocycles. The summed E-state index contributed by atoms with van der Waals surface area (Å²) < 4.78 is 11.2. The van der Waals surface area contributed by atoms with Gasteiger partial charge in [0.2, 0.25) is 5.95 Å². The Kier molecular flexibility index (Phi) is 5.19. The van der Waals surface area contributed by atoms with Gasteiger partial charge in [0.05, 0.1) is 0 Å². The van der Waals surface area contributed by atoms with Crippen molar-refractivity contribution in [1.82, 2.24) is 9.97 Å². The van der Waals surface area contributed by atoms with Crippen molar-refractivity contribution in [1.29, 1.82) is 0 Å². The van der Waals surface area contributed by atoms with Gasteiger partial charge < -0.3 is 20.1 Å². The molecule has 1 aliphatic heterocycles. The zero-order valence-electron chi connectivity index (χ0n) is 14.8. The van der Waals surface area contributed by atoms with Crippen LogP contribution in [0.3, 0.4) is 0 Å². The number of rotatable bonds is 6. The molecule has 26 heavy (non-hydrogen) atoms.